The maximum Gasteiger partial charge on any atom is 0.120 e. The van der Waals surface area contributed by atoms with E-state index in [4.69, 9.17) is 23.2 Å². The van der Waals surface area contributed by atoms with Crippen LogP contribution in [0.5, 0.6) is 0 Å². The average Bonchev–Trinajstić information content (AvgIpc) is 2.90. The minimum absolute atomic E-state index is 0.683. The van der Waals surface area contributed by atoms with E-state index in [0.717, 1.165) is 23.6 Å². The summed E-state index contributed by atoms with van der Waals surface area (Å²) in [4.78, 5) is 7.58. The van der Waals surface area contributed by atoms with E-state index in [9.17, 15) is 0 Å². The second-order valence-electron chi connectivity index (χ2n) is 4.14. The number of hydrogen-bond donors (Lipinski definition) is 2. The van der Waals surface area contributed by atoms with Gasteiger partial charge in [-0.05, 0) is 18.9 Å². The molecule has 1 saturated carbocycles. The maximum atomic E-state index is 6.10. The summed E-state index contributed by atoms with van der Waals surface area (Å²) < 4.78 is 1.39. The van der Waals surface area contributed by atoms with Gasteiger partial charge in [-0.25, -0.2) is 4.98 Å². The summed E-state index contributed by atoms with van der Waals surface area (Å²) >= 11 is 13.4. The molecule has 3 rings (SSSR count). The molecule has 0 bridgehead atoms. The van der Waals surface area contributed by atoms with Crippen LogP contribution in [0.25, 0.3) is 11.3 Å². The molecule has 0 unspecified atom stereocenters. The van der Waals surface area contributed by atoms with Crippen molar-refractivity contribution in [2.24, 2.45) is 0 Å². The van der Waals surface area contributed by atoms with E-state index in [-0.39, 0.29) is 0 Å². The number of H-pyrrole nitrogens is 1. The third-order valence-corrected chi connectivity index (χ3v) is 4.20. The van der Waals surface area contributed by atoms with Crippen molar-refractivity contribution in [2.45, 2.75) is 25.4 Å². The summed E-state index contributed by atoms with van der Waals surface area (Å²) in [7, 11) is 0. The topological polar surface area (TPSA) is 40.7 Å². The van der Waals surface area contributed by atoms with Crippen LogP contribution in [0, 0.1) is 0 Å². The second-order valence-corrected chi connectivity index (χ2v) is 6.42. The first kappa shape index (κ1) is 11.5. The van der Waals surface area contributed by atoms with Crippen molar-refractivity contribution >= 4 is 34.5 Å². The lowest BCUT2D eigenvalue weighted by atomic mass is 10.3. The molecule has 90 valence electrons. The Bertz CT molecular complexity index is 531. The summed E-state index contributed by atoms with van der Waals surface area (Å²) in [6.07, 6.45) is 4.35. The van der Waals surface area contributed by atoms with E-state index in [1.165, 1.54) is 24.2 Å². The molecule has 0 radical (unpaired) electrons. The number of thiophene rings is 1. The first-order valence-corrected chi connectivity index (χ1v) is 7.02. The minimum atomic E-state index is 0.683. The number of imidazole rings is 1. The van der Waals surface area contributed by atoms with Crippen LogP contribution >= 0.6 is 34.5 Å². The van der Waals surface area contributed by atoms with Gasteiger partial charge in [0, 0.05) is 11.6 Å². The molecule has 0 spiro atoms. The highest BCUT2D eigenvalue weighted by atomic mass is 35.5. The molecule has 1 fully saturated rings. The Balaban J connectivity index is 1.76. The highest BCUT2D eigenvalue weighted by molar-refractivity contribution is 7.20. The number of nitrogens with one attached hydrogen (secondary N) is 2. The molecule has 0 aliphatic heterocycles. The van der Waals surface area contributed by atoms with Gasteiger partial charge < -0.3 is 10.3 Å². The minimum Gasteiger partial charge on any atom is -0.341 e. The van der Waals surface area contributed by atoms with Crippen molar-refractivity contribution in [1.82, 2.24) is 15.3 Å². The molecule has 2 aromatic rings. The van der Waals surface area contributed by atoms with Crippen molar-refractivity contribution in [1.29, 1.82) is 0 Å². The monoisotopic (exact) mass is 287 g/mol. The number of hydrogen-bond acceptors (Lipinski definition) is 3. The molecule has 0 amide bonds. The molecule has 1 aliphatic rings. The molecule has 2 heterocycles. The SMILES string of the molecule is Clc1cc(-c2cnc(CNC3CC3)[nH]2)c(Cl)s1. The van der Waals surface area contributed by atoms with Gasteiger partial charge in [-0.15, -0.1) is 11.3 Å². The van der Waals surface area contributed by atoms with Crippen LogP contribution in [0.1, 0.15) is 18.7 Å². The summed E-state index contributed by atoms with van der Waals surface area (Å²) in [6.45, 7) is 0.778. The zero-order chi connectivity index (χ0) is 11.8. The van der Waals surface area contributed by atoms with Gasteiger partial charge >= 0.3 is 0 Å². The van der Waals surface area contributed by atoms with Crippen LogP contribution in [0.4, 0.5) is 0 Å². The Morgan fingerprint density at radius 1 is 1.47 bits per heavy atom. The number of aromatic nitrogens is 2. The summed E-state index contributed by atoms with van der Waals surface area (Å²) in [5.74, 6) is 0.935. The number of nitrogens with zero attached hydrogens (tertiary/aromatic N) is 1. The van der Waals surface area contributed by atoms with Crippen molar-refractivity contribution in [2.75, 3.05) is 0 Å². The van der Waals surface area contributed by atoms with Gasteiger partial charge in [0.05, 0.1) is 22.8 Å². The Morgan fingerprint density at radius 3 is 2.94 bits per heavy atom. The predicted molar refractivity (Wildman–Crippen MR) is 71.8 cm³/mol. The quantitative estimate of drug-likeness (QED) is 0.900. The Kier molecular flexibility index (Phi) is 3.13. The van der Waals surface area contributed by atoms with Crippen LogP contribution < -0.4 is 5.32 Å². The first-order chi connectivity index (χ1) is 8.22. The van der Waals surface area contributed by atoms with Crippen molar-refractivity contribution in [3.63, 3.8) is 0 Å². The molecule has 1 aliphatic carbocycles. The predicted octanol–water partition coefficient (Wildman–Crippen LogP) is 3.70. The van der Waals surface area contributed by atoms with Gasteiger partial charge in [-0.2, -0.15) is 0 Å². The van der Waals surface area contributed by atoms with E-state index >= 15 is 0 Å². The Morgan fingerprint density at radius 2 is 2.29 bits per heavy atom. The van der Waals surface area contributed by atoms with E-state index in [0.29, 0.717) is 14.7 Å². The highest BCUT2D eigenvalue weighted by Crippen LogP contribution is 2.37. The zero-order valence-corrected chi connectivity index (χ0v) is 11.3. The molecule has 0 aromatic carbocycles. The lowest BCUT2D eigenvalue weighted by Gasteiger charge is -1.98. The van der Waals surface area contributed by atoms with E-state index in [2.05, 4.69) is 15.3 Å². The molecule has 0 saturated heterocycles. The highest BCUT2D eigenvalue weighted by Gasteiger charge is 2.20. The second kappa shape index (κ2) is 4.61. The molecule has 0 atom stereocenters. The fraction of sp³-hybridized carbons (Fsp3) is 0.364. The lowest BCUT2D eigenvalue weighted by Crippen LogP contribution is -2.16. The largest absolute Gasteiger partial charge is 0.341 e. The molecular weight excluding hydrogens is 277 g/mol. The third-order valence-electron chi connectivity index (χ3n) is 2.71. The van der Waals surface area contributed by atoms with E-state index in [1.807, 2.05) is 6.07 Å². The van der Waals surface area contributed by atoms with Crippen LogP contribution in [0.3, 0.4) is 0 Å². The third kappa shape index (κ3) is 2.65. The normalized spacial score (nSPS) is 15.4. The van der Waals surface area contributed by atoms with Crippen LogP contribution in [-0.2, 0) is 6.54 Å². The van der Waals surface area contributed by atoms with Crippen LogP contribution in [0.15, 0.2) is 12.3 Å². The number of aromatic amines is 1. The molecule has 6 heteroatoms. The Hall–Kier alpha value is -0.550. The van der Waals surface area contributed by atoms with Crippen molar-refractivity contribution < 1.29 is 0 Å². The number of rotatable bonds is 4. The molecule has 17 heavy (non-hydrogen) atoms. The zero-order valence-electron chi connectivity index (χ0n) is 8.96. The van der Waals surface area contributed by atoms with Crippen molar-refractivity contribution in [3.05, 3.63) is 26.8 Å². The molecule has 2 N–H and O–H groups in total. The molecule has 2 aromatic heterocycles. The van der Waals surface area contributed by atoms with Crippen LogP contribution in [-0.4, -0.2) is 16.0 Å². The summed E-state index contributed by atoms with van der Waals surface area (Å²) in [5, 5.41) is 3.41. The summed E-state index contributed by atoms with van der Waals surface area (Å²) in [5.41, 5.74) is 1.84. The molecule has 3 nitrogen and oxygen atoms in total. The number of halogens is 2. The first-order valence-electron chi connectivity index (χ1n) is 5.45. The van der Waals surface area contributed by atoms with Gasteiger partial charge in [0.15, 0.2) is 0 Å². The maximum absolute atomic E-state index is 6.10. The fourth-order valence-corrected chi connectivity index (χ4v) is 3.13. The van der Waals surface area contributed by atoms with Crippen LogP contribution in [0.2, 0.25) is 8.67 Å². The van der Waals surface area contributed by atoms with Crippen molar-refractivity contribution in [3.8, 4) is 11.3 Å². The molecular formula is C11H11Cl2N3S. The fourth-order valence-electron chi connectivity index (χ4n) is 1.64. The summed E-state index contributed by atoms with van der Waals surface area (Å²) in [6, 6.07) is 2.54. The van der Waals surface area contributed by atoms with Gasteiger partial charge in [0.2, 0.25) is 0 Å². The van der Waals surface area contributed by atoms with Gasteiger partial charge in [0.25, 0.3) is 0 Å². The van der Waals surface area contributed by atoms with E-state index in [1.54, 1.807) is 6.20 Å². The van der Waals surface area contributed by atoms with Gasteiger partial charge in [-0.1, -0.05) is 23.2 Å². The standard InChI is InChI=1S/C11H11Cl2N3S/c12-9-3-7(11(13)17-9)8-4-15-10(16-8)5-14-6-1-2-6/h3-4,6,14H,1-2,5H2,(H,15,16). The van der Waals surface area contributed by atoms with Gasteiger partial charge in [-0.3, -0.25) is 0 Å². The average molecular weight is 288 g/mol. The Labute approximate surface area is 113 Å². The van der Waals surface area contributed by atoms with E-state index < -0.39 is 0 Å². The smallest absolute Gasteiger partial charge is 0.120 e. The lowest BCUT2D eigenvalue weighted by molar-refractivity contribution is 0.664. The van der Waals surface area contributed by atoms with Gasteiger partial charge in [0.1, 0.15) is 10.2 Å².